The highest BCUT2D eigenvalue weighted by molar-refractivity contribution is 5.96. The van der Waals surface area contributed by atoms with Crippen LogP contribution in [0, 0.1) is 18.3 Å². The molecule has 1 atom stereocenters. The molecule has 7 nitrogen and oxygen atoms in total. The van der Waals surface area contributed by atoms with Gasteiger partial charge in [-0.1, -0.05) is 0 Å². The lowest BCUT2D eigenvalue weighted by Crippen LogP contribution is -2.49. The van der Waals surface area contributed by atoms with Gasteiger partial charge in [0.1, 0.15) is 0 Å². The molecular formula is C18H19N5O2. The van der Waals surface area contributed by atoms with Crippen LogP contribution in [0.5, 0.6) is 0 Å². The number of aromatic amines is 1. The van der Waals surface area contributed by atoms with E-state index in [2.05, 4.69) is 21.4 Å². The van der Waals surface area contributed by atoms with Crippen LogP contribution in [0.4, 0.5) is 5.82 Å². The molecule has 1 amide bonds. The van der Waals surface area contributed by atoms with Crippen LogP contribution in [0.3, 0.4) is 0 Å². The van der Waals surface area contributed by atoms with E-state index >= 15 is 0 Å². The standard InChI is InChI=1S/C18H19N5O2/c1-12-9-13(10-19)4-5-15(12)17(24)22-14-3-2-8-23(11-14)16-18(25)21-7-6-20-16/h4-7,9,14H,2-3,8,11H2,1H3,(H,21,25)(H,22,24). The second kappa shape index (κ2) is 7.18. The van der Waals surface area contributed by atoms with Crippen molar-refractivity contribution >= 4 is 11.7 Å². The smallest absolute Gasteiger partial charge is 0.290 e. The molecule has 1 aliphatic heterocycles. The highest BCUT2D eigenvalue weighted by Crippen LogP contribution is 2.16. The molecule has 1 aromatic heterocycles. The molecule has 0 aliphatic carbocycles. The van der Waals surface area contributed by atoms with Gasteiger partial charge in [0.25, 0.3) is 11.5 Å². The van der Waals surface area contributed by atoms with Crippen molar-refractivity contribution in [1.82, 2.24) is 15.3 Å². The molecule has 1 unspecified atom stereocenters. The van der Waals surface area contributed by atoms with Gasteiger partial charge in [0.05, 0.1) is 11.6 Å². The Balaban J connectivity index is 1.71. The van der Waals surface area contributed by atoms with Crippen LogP contribution in [-0.4, -0.2) is 35.0 Å². The fourth-order valence-electron chi connectivity index (χ4n) is 3.11. The Morgan fingerprint density at radius 3 is 3.04 bits per heavy atom. The van der Waals surface area contributed by atoms with Crippen LogP contribution in [0.1, 0.15) is 34.3 Å². The summed E-state index contributed by atoms with van der Waals surface area (Å²) in [5.41, 5.74) is 1.64. The number of piperidine rings is 1. The van der Waals surface area contributed by atoms with Crippen molar-refractivity contribution in [2.24, 2.45) is 0 Å². The highest BCUT2D eigenvalue weighted by atomic mass is 16.1. The lowest BCUT2D eigenvalue weighted by atomic mass is 10.0. The third-order valence-electron chi connectivity index (χ3n) is 4.35. The molecule has 3 rings (SSSR count). The summed E-state index contributed by atoms with van der Waals surface area (Å²) >= 11 is 0. The molecule has 2 aromatic rings. The third-order valence-corrected chi connectivity index (χ3v) is 4.35. The Bertz CT molecular complexity index is 884. The van der Waals surface area contributed by atoms with Crippen molar-refractivity contribution in [3.8, 4) is 6.07 Å². The van der Waals surface area contributed by atoms with Gasteiger partial charge in [0.15, 0.2) is 5.82 Å². The maximum Gasteiger partial charge on any atom is 0.290 e. The van der Waals surface area contributed by atoms with Crippen molar-refractivity contribution in [3.63, 3.8) is 0 Å². The van der Waals surface area contributed by atoms with Crippen LogP contribution >= 0.6 is 0 Å². The fraction of sp³-hybridized carbons (Fsp3) is 0.333. The Kier molecular flexibility index (Phi) is 4.80. The summed E-state index contributed by atoms with van der Waals surface area (Å²) in [6.07, 6.45) is 4.78. The summed E-state index contributed by atoms with van der Waals surface area (Å²) in [6, 6.07) is 7.03. The monoisotopic (exact) mass is 337 g/mol. The predicted octanol–water partition coefficient (Wildman–Crippen LogP) is 1.35. The summed E-state index contributed by atoms with van der Waals surface area (Å²) in [7, 11) is 0. The molecule has 0 bridgehead atoms. The average molecular weight is 337 g/mol. The first-order valence-electron chi connectivity index (χ1n) is 8.18. The second-order valence-electron chi connectivity index (χ2n) is 6.14. The number of benzene rings is 1. The Labute approximate surface area is 145 Å². The zero-order valence-corrected chi connectivity index (χ0v) is 14.0. The van der Waals surface area contributed by atoms with Crippen LogP contribution in [0.2, 0.25) is 0 Å². The molecule has 128 valence electrons. The minimum Gasteiger partial charge on any atom is -0.350 e. The van der Waals surface area contributed by atoms with E-state index in [0.717, 1.165) is 24.9 Å². The first-order valence-corrected chi connectivity index (χ1v) is 8.18. The minimum atomic E-state index is -0.225. The Morgan fingerprint density at radius 1 is 1.48 bits per heavy atom. The predicted molar refractivity (Wildman–Crippen MR) is 93.5 cm³/mol. The molecule has 2 N–H and O–H groups in total. The maximum absolute atomic E-state index is 12.5. The van der Waals surface area contributed by atoms with E-state index in [-0.39, 0.29) is 17.5 Å². The summed E-state index contributed by atoms with van der Waals surface area (Å²) in [5, 5.41) is 12.0. The number of H-pyrrole nitrogens is 1. The molecule has 0 saturated carbocycles. The molecule has 1 saturated heterocycles. The van der Waals surface area contributed by atoms with Gasteiger partial charge >= 0.3 is 0 Å². The summed E-state index contributed by atoms with van der Waals surface area (Å²) in [4.78, 5) is 33.1. The van der Waals surface area contributed by atoms with E-state index in [9.17, 15) is 9.59 Å². The molecule has 25 heavy (non-hydrogen) atoms. The number of amides is 1. The highest BCUT2D eigenvalue weighted by Gasteiger charge is 2.24. The lowest BCUT2D eigenvalue weighted by molar-refractivity contribution is 0.0932. The molecule has 1 aliphatic rings. The molecule has 0 radical (unpaired) electrons. The number of carbonyl (C=O) groups is 1. The quantitative estimate of drug-likeness (QED) is 0.880. The third kappa shape index (κ3) is 3.69. The zero-order chi connectivity index (χ0) is 17.8. The van der Waals surface area contributed by atoms with Crippen LogP contribution in [0.25, 0.3) is 0 Å². The van der Waals surface area contributed by atoms with Crippen LogP contribution < -0.4 is 15.8 Å². The van der Waals surface area contributed by atoms with E-state index in [4.69, 9.17) is 5.26 Å². The summed E-state index contributed by atoms with van der Waals surface area (Å²) in [6.45, 7) is 3.10. The topological polar surface area (TPSA) is 102 Å². The van der Waals surface area contributed by atoms with E-state index in [1.54, 1.807) is 24.4 Å². The molecule has 7 heteroatoms. The number of nitriles is 1. The van der Waals surface area contributed by atoms with Gasteiger partial charge in [-0.05, 0) is 43.5 Å². The molecular weight excluding hydrogens is 318 g/mol. The number of hydrogen-bond donors (Lipinski definition) is 2. The zero-order valence-electron chi connectivity index (χ0n) is 14.0. The number of nitrogens with one attached hydrogen (secondary N) is 2. The fourth-order valence-corrected chi connectivity index (χ4v) is 3.11. The first kappa shape index (κ1) is 16.7. The van der Waals surface area contributed by atoms with Crippen molar-refractivity contribution in [2.45, 2.75) is 25.8 Å². The van der Waals surface area contributed by atoms with Gasteiger partial charge in [0, 0.05) is 37.1 Å². The summed E-state index contributed by atoms with van der Waals surface area (Å²) in [5.74, 6) is 0.222. The number of nitrogens with zero attached hydrogens (tertiary/aromatic N) is 3. The largest absolute Gasteiger partial charge is 0.350 e. The summed E-state index contributed by atoms with van der Waals surface area (Å²) < 4.78 is 0. The minimum absolute atomic E-state index is 0.0577. The molecule has 0 spiro atoms. The van der Waals surface area contributed by atoms with Gasteiger partial charge < -0.3 is 15.2 Å². The van der Waals surface area contributed by atoms with Gasteiger partial charge in [-0.2, -0.15) is 5.26 Å². The van der Waals surface area contributed by atoms with Gasteiger partial charge in [-0.3, -0.25) is 9.59 Å². The van der Waals surface area contributed by atoms with Crippen LogP contribution in [0.15, 0.2) is 35.4 Å². The van der Waals surface area contributed by atoms with E-state index in [1.807, 2.05) is 11.8 Å². The maximum atomic E-state index is 12.5. The normalized spacial score (nSPS) is 17.0. The Hall–Kier alpha value is -3.14. The van der Waals surface area contributed by atoms with Gasteiger partial charge in [-0.15, -0.1) is 0 Å². The van der Waals surface area contributed by atoms with Crippen molar-refractivity contribution in [1.29, 1.82) is 5.26 Å². The molecule has 2 heterocycles. The van der Waals surface area contributed by atoms with Crippen molar-refractivity contribution in [3.05, 3.63) is 57.6 Å². The lowest BCUT2D eigenvalue weighted by Gasteiger charge is -2.33. The average Bonchev–Trinajstić information content (AvgIpc) is 2.62. The number of hydrogen-bond acceptors (Lipinski definition) is 5. The number of aryl methyl sites for hydroxylation is 1. The van der Waals surface area contributed by atoms with E-state index in [1.165, 1.54) is 6.20 Å². The SMILES string of the molecule is Cc1cc(C#N)ccc1C(=O)NC1CCCN(c2ncc[nH]c2=O)C1. The molecule has 1 fully saturated rings. The number of rotatable bonds is 3. The Morgan fingerprint density at radius 2 is 2.32 bits per heavy atom. The number of anilines is 1. The van der Waals surface area contributed by atoms with Crippen molar-refractivity contribution < 1.29 is 4.79 Å². The van der Waals surface area contributed by atoms with E-state index in [0.29, 0.717) is 23.5 Å². The van der Waals surface area contributed by atoms with Crippen LogP contribution in [-0.2, 0) is 0 Å². The van der Waals surface area contributed by atoms with E-state index < -0.39 is 0 Å². The van der Waals surface area contributed by atoms with Crippen molar-refractivity contribution in [2.75, 3.05) is 18.0 Å². The molecule has 1 aromatic carbocycles. The van der Waals surface area contributed by atoms with Gasteiger partial charge in [0.2, 0.25) is 0 Å². The number of carbonyl (C=O) groups excluding carboxylic acids is 1. The first-order chi connectivity index (χ1) is 12.1. The number of aromatic nitrogens is 2. The second-order valence-corrected chi connectivity index (χ2v) is 6.14. The van der Waals surface area contributed by atoms with Gasteiger partial charge in [-0.25, -0.2) is 4.98 Å².